The summed E-state index contributed by atoms with van der Waals surface area (Å²) in [5.41, 5.74) is 4.07. The van der Waals surface area contributed by atoms with Crippen LogP contribution in [0.3, 0.4) is 0 Å². The van der Waals surface area contributed by atoms with Gasteiger partial charge in [0.05, 0.1) is 7.11 Å². The Morgan fingerprint density at radius 2 is 1.91 bits per heavy atom. The molecule has 1 N–H and O–H groups in total. The van der Waals surface area contributed by atoms with Crippen LogP contribution in [0.5, 0.6) is 5.75 Å². The second kappa shape index (κ2) is 6.47. The zero-order valence-electron chi connectivity index (χ0n) is 12.8. The van der Waals surface area contributed by atoms with Crippen molar-refractivity contribution in [3.63, 3.8) is 0 Å². The lowest BCUT2D eigenvalue weighted by atomic mass is 9.97. The van der Waals surface area contributed by atoms with Crippen LogP contribution in [0.25, 0.3) is 16.7 Å². The van der Waals surface area contributed by atoms with Gasteiger partial charge in [-0.05, 0) is 48.1 Å². The van der Waals surface area contributed by atoms with Crippen LogP contribution >= 0.6 is 11.6 Å². The topological polar surface area (TPSA) is 46.5 Å². The first-order valence-electron chi connectivity index (χ1n) is 7.50. The number of rotatable bonds is 4. The second-order valence-electron chi connectivity index (χ2n) is 5.51. The third-order valence-electron chi connectivity index (χ3n) is 4.19. The highest BCUT2D eigenvalue weighted by atomic mass is 35.5. The van der Waals surface area contributed by atoms with Crippen molar-refractivity contribution in [1.82, 2.24) is 0 Å². The van der Waals surface area contributed by atoms with Crippen molar-refractivity contribution in [3.8, 4) is 16.9 Å². The van der Waals surface area contributed by atoms with Crippen LogP contribution in [0.2, 0.25) is 5.02 Å². The summed E-state index contributed by atoms with van der Waals surface area (Å²) >= 11 is 6.46. The molecule has 0 amide bonds. The van der Waals surface area contributed by atoms with Gasteiger partial charge in [-0.25, -0.2) is 4.79 Å². The number of allylic oxidation sites excluding steroid dienone is 1. The molecule has 0 bridgehead atoms. The summed E-state index contributed by atoms with van der Waals surface area (Å²) in [4.78, 5) is 11.4. The van der Waals surface area contributed by atoms with Crippen LogP contribution < -0.4 is 4.74 Å². The zero-order chi connectivity index (χ0) is 16.4. The molecule has 3 nitrogen and oxygen atoms in total. The predicted octanol–water partition coefficient (Wildman–Crippen LogP) is 5.04. The van der Waals surface area contributed by atoms with Gasteiger partial charge in [-0.15, -0.1) is 0 Å². The minimum atomic E-state index is -0.845. The molecule has 0 heterocycles. The third kappa shape index (κ3) is 2.97. The molecule has 118 valence electrons. The van der Waals surface area contributed by atoms with E-state index in [0.29, 0.717) is 17.0 Å². The molecule has 0 aliphatic heterocycles. The Balaban J connectivity index is 2.05. The maximum Gasteiger partial charge on any atom is 0.331 e. The number of carboxylic acids is 1. The highest BCUT2D eigenvalue weighted by Crippen LogP contribution is 2.39. The average molecular weight is 329 g/mol. The number of halogens is 1. The Labute approximate surface area is 140 Å². The molecule has 0 spiro atoms. The largest absolute Gasteiger partial charge is 0.496 e. The van der Waals surface area contributed by atoms with Gasteiger partial charge >= 0.3 is 5.97 Å². The molecule has 0 saturated carbocycles. The number of para-hydroxylation sites is 1. The fourth-order valence-corrected chi connectivity index (χ4v) is 3.38. The maximum atomic E-state index is 11.4. The Hall–Kier alpha value is -2.26. The minimum Gasteiger partial charge on any atom is -0.496 e. The molecule has 0 saturated heterocycles. The van der Waals surface area contributed by atoms with Gasteiger partial charge in [-0.1, -0.05) is 41.9 Å². The van der Waals surface area contributed by atoms with Crippen LogP contribution in [0.1, 0.15) is 24.8 Å². The highest BCUT2D eigenvalue weighted by Gasteiger charge is 2.23. The van der Waals surface area contributed by atoms with Crippen molar-refractivity contribution < 1.29 is 14.6 Å². The summed E-state index contributed by atoms with van der Waals surface area (Å²) in [6.45, 7) is 0. The summed E-state index contributed by atoms with van der Waals surface area (Å²) in [6.07, 6.45) is 2.23. The lowest BCUT2D eigenvalue weighted by Gasteiger charge is -2.12. The van der Waals surface area contributed by atoms with Crippen molar-refractivity contribution in [2.24, 2.45) is 0 Å². The van der Waals surface area contributed by atoms with Crippen LogP contribution in [0.4, 0.5) is 0 Å². The van der Waals surface area contributed by atoms with E-state index in [0.717, 1.165) is 40.9 Å². The Morgan fingerprint density at radius 1 is 1.13 bits per heavy atom. The molecule has 4 heteroatoms. The minimum absolute atomic E-state index is 0.483. The van der Waals surface area contributed by atoms with E-state index in [1.165, 1.54) is 0 Å². The summed E-state index contributed by atoms with van der Waals surface area (Å²) in [5, 5.41) is 9.89. The number of hydrogen-bond acceptors (Lipinski definition) is 2. The van der Waals surface area contributed by atoms with Gasteiger partial charge < -0.3 is 9.84 Å². The SMILES string of the molecule is COc1ccccc1-c1ccc(C2=C(C(=O)O)CCC2)c(Cl)c1. The molecule has 0 radical (unpaired) electrons. The number of methoxy groups -OCH3 is 1. The van der Waals surface area contributed by atoms with Crippen LogP contribution in [0, 0.1) is 0 Å². The van der Waals surface area contributed by atoms with E-state index in [4.69, 9.17) is 16.3 Å². The molecule has 23 heavy (non-hydrogen) atoms. The number of carbonyl (C=O) groups is 1. The van der Waals surface area contributed by atoms with E-state index >= 15 is 0 Å². The lowest BCUT2D eigenvalue weighted by Crippen LogP contribution is -2.00. The number of carboxylic acid groups (broad SMARTS) is 1. The predicted molar refractivity (Wildman–Crippen MR) is 91.8 cm³/mol. The lowest BCUT2D eigenvalue weighted by molar-refractivity contribution is -0.132. The van der Waals surface area contributed by atoms with Crippen LogP contribution in [0.15, 0.2) is 48.0 Å². The standard InChI is InChI=1S/C19H17ClO3/c1-23-18-8-3-2-5-13(18)12-9-10-15(17(20)11-12)14-6-4-7-16(14)19(21)22/h2-3,5,8-11H,4,6-7H2,1H3,(H,21,22). The molecular weight excluding hydrogens is 312 g/mol. The third-order valence-corrected chi connectivity index (χ3v) is 4.50. The van der Waals surface area contributed by atoms with Gasteiger partial charge in [-0.2, -0.15) is 0 Å². The van der Waals surface area contributed by atoms with Gasteiger partial charge in [0, 0.05) is 16.2 Å². The van der Waals surface area contributed by atoms with Crippen LogP contribution in [-0.2, 0) is 4.79 Å². The molecule has 0 atom stereocenters. The van der Waals surface area contributed by atoms with E-state index in [9.17, 15) is 9.90 Å². The first-order chi connectivity index (χ1) is 11.1. The van der Waals surface area contributed by atoms with Crippen molar-refractivity contribution in [2.45, 2.75) is 19.3 Å². The molecule has 2 aromatic rings. The van der Waals surface area contributed by atoms with E-state index < -0.39 is 5.97 Å². The quantitative estimate of drug-likeness (QED) is 0.855. The monoisotopic (exact) mass is 328 g/mol. The fourth-order valence-electron chi connectivity index (χ4n) is 3.09. The smallest absolute Gasteiger partial charge is 0.331 e. The highest BCUT2D eigenvalue weighted by molar-refractivity contribution is 6.33. The Morgan fingerprint density at radius 3 is 2.61 bits per heavy atom. The van der Waals surface area contributed by atoms with E-state index in [-0.39, 0.29) is 0 Å². The Kier molecular flexibility index (Phi) is 4.39. The molecule has 0 fully saturated rings. The summed E-state index contributed by atoms with van der Waals surface area (Å²) in [7, 11) is 1.64. The summed E-state index contributed by atoms with van der Waals surface area (Å²) < 4.78 is 5.39. The van der Waals surface area contributed by atoms with E-state index in [2.05, 4.69) is 0 Å². The fraction of sp³-hybridized carbons (Fsp3) is 0.211. The number of aliphatic carboxylic acids is 1. The first kappa shape index (κ1) is 15.6. The second-order valence-corrected chi connectivity index (χ2v) is 5.92. The van der Waals surface area contributed by atoms with E-state index in [1.807, 2.05) is 42.5 Å². The van der Waals surface area contributed by atoms with Gasteiger partial charge in [0.25, 0.3) is 0 Å². The van der Waals surface area contributed by atoms with Crippen molar-refractivity contribution in [2.75, 3.05) is 7.11 Å². The van der Waals surface area contributed by atoms with Gasteiger partial charge in [0.2, 0.25) is 0 Å². The normalized spacial score (nSPS) is 14.2. The molecule has 3 rings (SSSR count). The molecule has 1 aliphatic rings. The Bertz CT molecular complexity index is 793. The average Bonchev–Trinajstić information content (AvgIpc) is 3.04. The summed E-state index contributed by atoms with van der Waals surface area (Å²) in [6, 6.07) is 13.5. The van der Waals surface area contributed by atoms with Gasteiger partial charge in [0.1, 0.15) is 5.75 Å². The van der Waals surface area contributed by atoms with Crippen molar-refractivity contribution in [1.29, 1.82) is 0 Å². The van der Waals surface area contributed by atoms with Crippen molar-refractivity contribution in [3.05, 3.63) is 58.6 Å². The number of ether oxygens (including phenoxy) is 1. The molecule has 0 aromatic heterocycles. The molecule has 2 aromatic carbocycles. The van der Waals surface area contributed by atoms with Gasteiger partial charge in [0.15, 0.2) is 0 Å². The maximum absolute atomic E-state index is 11.4. The number of hydrogen-bond donors (Lipinski definition) is 1. The molecular formula is C19H17ClO3. The zero-order valence-corrected chi connectivity index (χ0v) is 13.6. The molecule has 1 aliphatic carbocycles. The van der Waals surface area contributed by atoms with E-state index in [1.54, 1.807) is 7.11 Å². The first-order valence-corrected chi connectivity index (χ1v) is 7.88. The van der Waals surface area contributed by atoms with Gasteiger partial charge in [-0.3, -0.25) is 0 Å². The van der Waals surface area contributed by atoms with Crippen LogP contribution in [-0.4, -0.2) is 18.2 Å². The number of benzene rings is 2. The van der Waals surface area contributed by atoms with Crippen molar-refractivity contribution >= 4 is 23.1 Å². The molecule has 0 unspecified atom stereocenters. The summed E-state index contributed by atoms with van der Waals surface area (Å²) in [5.74, 6) is -0.0648.